The first-order valence-corrected chi connectivity index (χ1v) is 8.91. The number of sulfone groups is 2. The van der Waals surface area contributed by atoms with Gasteiger partial charge in [0.1, 0.15) is 0 Å². The van der Waals surface area contributed by atoms with Gasteiger partial charge in [-0.1, -0.05) is 30.3 Å². The molecule has 0 amide bonds. The quantitative estimate of drug-likeness (QED) is 0.805. The molecule has 1 aromatic carbocycles. The van der Waals surface area contributed by atoms with Crippen LogP contribution in [0.1, 0.15) is 12.5 Å². The van der Waals surface area contributed by atoms with E-state index >= 15 is 0 Å². The third kappa shape index (κ3) is 4.87. The van der Waals surface area contributed by atoms with Gasteiger partial charge < -0.3 is 0 Å². The number of hydrogen-bond acceptors (Lipinski definition) is 4. The SMILES string of the molecule is C[C@@H](CS(=O)(=O)Cc1ccccc1)S(C)(=O)=O. The summed E-state index contributed by atoms with van der Waals surface area (Å²) in [6.07, 6.45) is 1.05. The van der Waals surface area contributed by atoms with Crippen LogP contribution in [0.3, 0.4) is 0 Å². The Hall–Kier alpha value is -0.880. The summed E-state index contributed by atoms with van der Waals surface area (Å²) in [4.78, 5) is 0. The highest BCUT2D eigenvalue weighted by molar-refractivity contribution is 7.94. The topological polar surface area (TPSA) is 68.3 Å². The molecule has 0 radical (unpaired) electrons. The van der Waals surface area contributed by atoms with Crippen molar-refractivity contribution < 1.29 is 16.8 Å². The van der Waals surface area contributed by atoms with E-state index in [4.69, 9.17) is 0 Å². The summed E-state index contributed by atoms with van der Waals surface area (Å²) in [5.74, 6) is -0.450. The van der Waals surface area contributed by atoms with E-state index in [-0.39, 0.29) is 11.5 Å². The summed E-state index contributed by atoms with van der Waals surface area (Å²) < 4.78 is 46.0. The van der Waals surface area contributed by atoms with Crippen molar-refractivity contribution in [1.29, 1.82) is 0 Å². The van der Waals surface area contributed by atoms with E-state index in [0.717, 1.165) is 6.26 Å². The normalized spacial score (nSPS) is 14.5. The first-order chi connectivity index (χ1) is 7.71. The number of hydrogen-bond donors (Lipinski definition) is 0. The second-order valence-corrected chi connectivity index (χ2v) is 8.75. The number of rotatable bonds is 5. The summed E-state index contributed by atoms with van der Waals surface area (Å²) in [6.45, 7) is 1.41. The lowest BCUT2D eigenvalue weighted by Crippen LogP contribution is -2.26. The van der Waals surface area contributed by atoms with Crippen LogP contribution in [0.2, 0.25) is 0 Å². The molecule has 0 unspecified atom stereocenters. The second kappa shape index (κ2) is 5.18. The van der Waals surface area contributed by atoms with Crippen molar-refractivity contribution >= 4 is 19.7 Å². The predicted octanol–water partition coefficient (Wildman–Crippen LogP) is 1.03. The highest BCUT2D eigenvalue weighted by Crippen LogP contribution is 2.10. The molecule has 0 aromatic heterocycles. The van der Waals surface area contributed by atoms with E-state index in [1.807, 2.05) is 0 Å². The molecule has 0 saturated heterocycles. The van der Waals surface area contributed by atoms with Crippen LogP contribution in [-0.4, -0.2) is 34.1 Å². The molecule has 0 aliphatic carbocycles. The minimum atomic E-state index is -3.40. The maximum atomic E-state index is 11.8. The lowest BCUT2D eigenvalue weighted by atomic mass is 10.2. The van der Waals surface area contributed by atoms with Crippen molar-refractivity contribution in [2.75, 3.05) is 12.0 Å². The average molecular weight is 276 g/mol. The van der Waals surface area contributed by atoms with Gasteiger partial charge in [-0.3, -0.25) is 0 Å². The third-order valence-corrected chi connectivity index (χ3v) is 6.07. The Morgan fingerprint density at radius 3 is 2.06 bits per heavy atom. The van der Waals surface area contributed by atoms with Gasteiger partial charge in [0.05, 0.1) is 16.8 Å². The molecule has 6 heteroatoms. The van der Waals surface area contributed by atoms with Crippen LogP contribution in [0.15, 0.2) is 30.3 Å². The monoisotopic (exact) mass is 276 g/mol. The summed E-state index contributed by atoms with van der Waals surface area (Å²) in [7, 11) is -6.70. The van der Waals surface area contributed by atoms with Gasteiger partial charge in [0.25, 0.3) is 0 Å². The maximum Gasteiger partial charge on any atom is 0.155 e. The fourth-order valence-corrected chi connectivity index (χ4v) is 4.51. The van der Waals surface area contributed by atoms with Crippen LogP contribution in [0.25, 0.3) is 0 Å². The van der Waals surface area contributed by atoms with Crippen LogP contribution in [0.5, 0.6) is 0 Å². The molecule has 0 heterocycles. The smallest absolute Gasteiger partial charge is 0.155 e. The van der Waals surface area contributed by atoms with Gasteiger partial charge in [-0.05, 0) is 12.5 Å². The molecule has 0 spiro atoms. The minimum Gasteiger partial charge on any atom is -0.229 e. The fourth-order valence-electron chi connectivity index (χ4n) is 1.37. The summed E-state index contributed by atoms with van der Waals surface area (Å²) in [6, 6.07) is 8.73. The van der Waals surface area contributed by atoms with Crippen LogP contribution >= 0.6 is 0 Å². The van der Waals surface area contributed by atoms with Crippen molar-refractivity contribution in [3.63, 3.8) is 0 Å². The van der Waals surface area contributed by atoms with Crippen molar-refractivity contribution in [3.8, 4) is 0 Å². The van der Waals surface area contributed by atoms with Gasteiger partial charge in [0.2, 0.25) is 0 Å². The van der Waals surface area contributed by atoms with E-state index < -0.39 is 24.9 Å². The Morgan fingerprint density at radius 1 is 1.06 bits per heavy atom. The molecule has 0 saturated carbocycles. The Balaban J connectivity index is 2.78. The van der Waals surface area contributed by atoms with Gasteiger partial charge in [-0.2, -0.15) is 0 Å². The molecule has 0 bridgehead atoms. The van der Waals surface area contributed by atoms with Gasteiger partial charge >= 0.3 is 0 Å². The van der Waals surface area contributed by atoms with E-state index in [1.54, 1.807) is 30.3 Å². The largest absolute Gasteiger partial charge is 0.229 e. The van der Waals surface area contributed by atoms with Crippen molar-refractivity contribution in [1.82, 2.24) is 0 Å². The molecule has 17 heavy (non-hydrogen) atoms. The minimum absolute atomic E-state index is 0.117. The second-order valence-electron chi connectivity index (χ2n) is 4.18. The van der Waals surface area contributed by atoms with E-state index in [1.165, 1.54) is 6.92 Å². The molecule has 1 rings (SSSR count). The molecular formula is C11H16O4S2. The first-order valence-electron chi connectivity index (χ1n) is 5.14. The molecule has 4 nitrogen and oxygen atoms in total. The highest BCUT2D eigenvalue weighted by atomic mass is 32.2. The molecule has 1 aromatic rings. The molecule has 0 aliphatic rings. The molecule has 0 N–H and O–H groups in total. The van der Waals surface area contributed by atoms with Crippen molar-refractivity contribution in [2.24, 2.45) is 0 Å². The van der Waals surface area contributed by atoms with Crippen LogP contribution in [-0.2, 0) is 25.4 Å². The maximum absolute atomic E-state index is 11.8. The summed E-state index contributed by atoms with van der Waals surface area (Å²) in [5.41, 5.74) is 0.674. The van der Waals surface area contributed by atoms with E-state index in [9.17, 15) is 16.8 Å². The molecule has 96 valence electrons. The van der Waals surface area contributed by atoms with Gasteiger partial charge in [0.15, 0.2) is 19.7 Å². The van der Waals surface area contributed by atoms with Crippen LogP contribution < -0.4 is 0 Å². The Morgan fingerprint density at radius 2 is 1.59 bits per heavy atom. The van der Waals surface area contributed by atoms with Crippen molar-refractivity contribution in [2.45, 2.75) is 17.9 Å². The van der Waals surface area contributed by atoms with Gasteiger partial charge in [0, 0.05) is 6.26 Å². The zero-order chi connectivity index (χ0) is 13.1. The van der Waals surface area contributed by atoms with Crippen molar-refractivity contribution in [3.05, 3.63) is 35.9 Å². The predicted molar refractivity (Wildman–Crippen MR) is 68.2 cm³/mol. The lowest BCUT2D eigenvalue weighted by molar-refractivity contribution is 0.580. The molecule has 0 fully saturated rings. The van der Waals surface area contributed by atoms with E-state index in [2.05, 4.69) is 0 Å². The highest BCUT2D eigenvalue weighted by Gasteiger charge is 2.23. The third-order valence-electron chi connectivity index (χ3n) is 2.45. The summed E-state index contributed by atoms with van der Waals surface area (Å²) >= 11 is 0. The Labute approximate surface area is 103 Å². The van der Waals surface area contributed by atoms with Gasteiger partial charge in [-0.25, -0.2) is 16.8 Å². The van der Waals surface area contributed by atoms with Crippen LogP contribution in [0.4, 0.5) is 0 Å². The van der Waals surface area contributed by atoms with Crippen LogP contribution in [0, 0.1) is 0 Å². The standard InChI is InChI=1S/C11H16O4S2/c1-10(16(2,12)13)8-17(14,15)9-11-6-4-3-5-7-11/h3-7,10H,8-9H2,1-2H3/t10-/m0/s1. The summed E-state index contributed by atoms with van der Waals surface area (Å²) in [5, 5.41) is -0.865. The number of benzene rings is 1. The van der Waals surface area contributed by atoms with Gasteiger partial charge in [-0.15, -0.1) is 0 Å². The molecule has 0 aliphatic heterocycles. The Kier molecular flexibility index (Phi) is 4.32. The zero-order valence-electron chi connectivity index (χ0n) is 9.83. The zero-order valence-corrected chi connectivity index (χ0v) is 11.5. The Bertz CT molecular complexity index is 559. The first kappa shape index (κ1) is 14.2. The molecule has 1 atom stereocenters. The fraction of sp³-hybridized carbons (Fsp3) is 0.455. The van der Waals surface area contributed by atoms with E-state index in [0.29, 0.717) is 5.56 Å². The molecular weight excluding hydrogens is 260 g/mol. The lowest BCUT2D eigenvalue weighted by Gasteiger charge is -2.10. The average Bonchev–Trinajstić information content (AvgIpc) is 2.16.